The fourth-order valence-electron chi connectivity index (χ4n) is 3.85. The Morgan fingerprint density at radius 2 is 1.96 bits per heavy atom. The van der Waals surface area contributed by atoms with Crippen molar-refractivity contribution >= 4 is 28.5 Å². The highest BCUT2D eigenvalue weighted by Gasteiger charge is 2.47. The molecule has 2 amide bonds. The largest absolute Gasteiger partial charge is 0.467 e. The summed E-state index contributed by atoms with van der Waals surface area (Å²) < 4.78 is 19.0. The zero-order valence-electron chi connectivity index (χ0n) is 14.0. The second-order valence-corrected chi connectivity index (χ2v) is 6.67. The average Bonchev–Trinajstić information content (AvgIpc) is 3.22. The van der Waals surface area contributed by atoms with E-state index in [9.17, 15) is 14.0 Å². The fourth-order valence-corrected chi connectivity index (χ4v) is 3.85. The van der Waals surface area contributed by atoms with Gasteiger partial charge in [0, 0.05) is 18.4 Å². The summed E-state index contributed by atoms with van der Waals surface area (Å²) in [5.41, 5.74) is 1.17. The molecule has 0 radical (unpaired) electrons. The number of hydrogen-bond acceptors (Lipinski definition) is 3. The highest BCUT2D eigenvalue weighted by Crippen LogP contribution is 2.35. The zero-order valence-corrected chi connectivity index (χ0v) is 14.0. The van der Waals surface area contributed by atoms with E-state index in [4.69, 9.17) is 0 Å². The SMILES string of the molecule is COC(=O)[C@@]1(F)CCN(C(=O)Nc2ccc3c4c(cccc24)CC3)C1. The van der Waals surface area contributed by atoms with E-state index in [1.807, 2.05) is 24.3 Å². The lowest BCUT2D eigenvalue weighted by Crippen LogP contribution is -2.41. The average molecular weight is 342 g/mol. The number of hydrogen-bond donors (Lipinski definition) is 1. The number of carbonyl (C=O) groups excluding carboxylic acids is 2. The minimum Gasteiger partial charge on any atom is -0.467 e. The van der Waals surface area contributed by atoms with Crippen molar-refractivity contribution in [1.29, 1.82) is 0 Å². The molecular weight excluding hydrogens is 323 g/mol. The van der Waals surface area contributed by atoms with Crippen molar-refractivity contribution in [1.82, 2.24) is 4.90 Å². The molecule has 1 aliphatic heterocycles. The smallest absolute Gasteiger partial charge is 0.345 e. The number of halogens is 1. The van der Waals surface area contributed by atoms with Crippen LogP contribution >= 0.6 is 0 Å². The van der Waals surface area contributed by atoms with Gasteiger partial charge in [-0.25, -0.2) is 14.0 Å². The highest BCUT2D eigenvalue weighted by molar-refractivity contribution is 6.04. The van der Waals surface area contributed by atoms with Crippen molar-refractivity contribution in [3.8, 4) is 0 Å². The molecule has 4 rings (SSSR count). The van der Waals surface area contributed by atoms with Crippen molar-refractivity contribution in [2.45, 2.75) is 24.9 Å². The molecule has 1 saturated heterocycles. The summed E-state index contributed by atoms with van der Waals surface area (Å²) in [7, 11) is 1.15. The van der Waals surface area contributed by atoms with Crippen molar-refractivity contribution in [3.05, 3.63) is 41.5 Å². The van der Waals surface area contributed by atoms with Crippen LogP contribution in [0.25, 0.3) is 10.8 Å². The number of benzene rings is 2. The van der Waals surface area contributed by atoms with E-state index in [1.165, 1.54) is 21.4 Å². The van der Waals surface area contributed by atoms with Crippen molar-refractivity contribution < 1.29 is 18.7 Å². The van der Waals surface area contributed by atoms with Crippen LogP contribution in [-0.4, -0.2) is 42.8 Å². The first-order valence-electron chi connectivity index (χ1n) is 8.38. The summed E-state index contributed by atoms with van der Waals surface area (Å²) in [6, 6.07) is 9.61. The van der Waals surface area contributed by atoms with Crippen molar-refractivity contribution in [3.63, 3.8) is 0 Å². The molecule has 0 aromatic heterocycles. The number of urea groups is 1. The Morgan fingerprint density at radius 3 is 2.72 bits per heavy atom. The van der Waals surface area contributed by atoms with Gasteiger partial charge in [0.1, 0.15) is 0 Å². The van der Waals surface area contributed by atoms with Crippen LogP contribution in [0.1, 0.15) is 17.5 Å². The molecular formula is C19H19FN2O3. The van der Waals surface area contributed by atoms with Gasteiger partial charge in [-0.05, 0) is 35.4 Å². The number of anilines is 1. The van der Waals surface area contributed by atoms with Gasteiger partial charge in [-0.2, -0.15) is 0 Å². The highest BCUT2D eigenvalue weighted by atomic mass is 19.1. The van der Waals surface area contributed by atoms with Gasteiger partial charge in [-0.3, -0.25) is 0 Å². The van der Waals surface area contributed by atoms with Gasteiger partial charge in [0.05, 0.1) is 19.3 Å². The van der Waals surface area contributed by atoms with E-state index < -0.39 is 17.7 Å². The lowest BCUT2D eigenvalue weighted by molar-refractivity contribution is -0.153. The number of nitrogens with one attached hydrogen (secondary N) is 1. The number of amides is 2. The second-order valence-electron chi connectivity index (χ2n) is 6.67. The summed E-state index contributed by atoms with van der Waals surface area (Å²) in [5, 5.41) is 5.08. The van der Waals surface area contributed by atoms with Gasteiger partial charge in [0.25, 0.3) is 0 Å². The Labute approximate surface area is 144 Å². The zero-order chi connectivity index (χ0) is 17.6. The molecule has 1 heterocycles. The lowest BCUT2D eigenvalue weighted by atomic mass is 10.0. The number of methoxy groups -OCH3 is 1. The second kappa shape index (κ2) is 5.72. The van der Waals surface area contributed by atoms with Gasteiger partial charge >= 0.3 is 12.0 Å². The standard InChI is InChI=1S/C19H19FN2O3/c1-25-17(23)19(20)9-10-22(11-19)18(24)21-15-8-7-13-6-5-12-3-2-4-14(15)16(12)13/h2-4,7-8H,5-6,9-11H2,1H3,(H,21,24)/t19-/m1/s1. The molecule has 0 unspecified atom stereocenters. The molecule has 2 aliphatic rings. The van der Waals surface area contributed by atoms with E-state index in [2.05, 4.69) is 16.1 Å². The molecule has 0 bridgehead atoms. The number of likely N-dealkylation sites (tertiary alicyclic amines) is 1. The van der Waals surface area contributed by atoms with Crippen LogP contribution in [0.2, 0.25) is 0 Å². The van der Waals surface area contributed by atoms with Crippen LogP contribution < -0.4 is 5.32 Å². The molecule has 5 nitrogen and oxygen atoms in total. The Morgan fingerprint density at radius 1 is 1.20 bits per heavy atom. The molecule has 2 aromatic carbocycles. The van der Waals surface area contributed by atoms with Crippen LogP contribution in [0.15, 0.2) is 30.3 Å². The minimum absolute atomic E-state index is 0.0447. The van der Waals surface area contributed by atoms with Gasteiger partial charge in [0.2, 0.25) is 5.67 Å². The summed E-state index contributed by atoms with van der Waals surface area (Å²) in [5.74, 6) is -0.923. The Balaban J connectivity index is 1.57. The third-order valence-electron chi connectivity index (χ3n) is 5.18. The normalized spacial score (nSPS) is 21.6. The molecule has 1 fully saturated rings. The monoisotopic (exact) mass is 342 g/mol. The predicted molar refractivity (Wildman–Crippen MR) is 92.4 cm³/mol. The van der Waals surface area contributed by atoms with E-state index >= 15 is 0 Å². The van der Waals surface area contributed by atoms with Crippen LogP contribution in [0, 0.1) is 0 Å². The topological polar surface area (TPSA) is 58.6 Å². The van der Waals surface area contributed by atoms with Gasteiger partial charge in [-0.15, -0.1) is 0 Å². The van der Waals surface area contributed by atoms with Gasteiger partial charge in [0.15, 0.2) is 0 Å². The quantitative estimate of drug-likeness (QED) is 0.854. The van der Waals surface area contributed by atoms with Crippen LogP contribution in [0.3, 0.4) is 0 Å². The first-order valence-corrected chi connectivity index (χ1v) is 8.38. The molecule has 0 spiro atoms. The molecule has 2 aromatic rings. The number of carbonyl (C=O) groups is 2. The maximum Gasteiger partial charge on any atom is 0.345 e. The first-order chi connectivity index (χ1) is 12.0. The third-order valence-corrected chi connectivity index (χ3v) is 5.18. The minimum atomic E-state index is -2.12. The maximum absolute atomic E-state index is 14.5. The number of rotatable bonds is 2. The van der Waals surface area contributed by atoms with Crippen LogP contribution in [0.5, 0.6) is 0 Å². The van der Waals surface area contributed by atoms with Crippen molar-refractivity contribution in [2.24, 2.45) is 0 Å². The molecule has 0 saturated carbocycles. The molecule has 130 valence electrons. The third kappa shape index (κ3) is 2.52. The summed E-state index contributed by atoms with van der Waals surface area (Å²) >= 11 is 0. The predicted octanol–water partition coefficient (Wildman–Crippen LogP) is 3.06. The Kier molecular flexibility index (Phi) is 3.63. The number of ether oxygens (including phenoxy) is 1. The Bertz CT molecular complexity index is 872. The van der Waals surface area contributed by atoms with E-state index in [1.54, 1.807) is 0 Å². The van der Waals surface area contributed by atoms with Gasteiger partial charge < -0.3 is 15.0 Å². The molecule has 25 heavy (non-hydrogen) atoms. The first kappa shape index (κ1) is 15.9. The van der Waals surface area contributed by atoms with Gasteiger partial charge in [-0.1, -0.05) is 24.3 Å². The molecule has 6 heteroatoms. The summed E-state index contributed by atoms with van der Waals surface area (Å²) in [6.45, 7) is -0.106. The summed E-state index contributed by atoms with van der Waals surface area (Å²) in [6.07, 6.45) is 1.98. The number of nitrogens with zero attached hydrogens (tertiary/aromatic N) is 1. The van der Waals surface area contributed by atoms with E-state index in [0.29, 0.717) is 5.69 Å². The maximum atomic E-state index is 14.5. The van der Waals surface area contributed by atoms with Crippen molar-refractivity contribution in [2.75, 3.05) is 25.5 Å². The fraction of sp³-hybridized carbons (Fsp3) is 0.368. The van der Waals surface area contributed by atoms with Crippen LogP contribution in [0.4, 0.5) is 14.9 Å². The molecule has 1 atom stereocenters. The molecule has 1 N–H and O–H groups in total. The van der Waals surface area contributed by atoms with Crippen LogP contribution in [-0.2, 0) is 22.4 Å². The number of alkyl halides is 1. The molecule has 1 aliphatic carbocycles. The van der Waals surface area contributed by atoms with E-state index in [-0.39, 0.29) is 19.5 Å². The number of aryl methyl sites for hydroxylation is 2. The lowest BCUT2D eigenvalue weighted by Gasteiger charge is -2.20. The van der Waals surface area contributed by atoms with E-state index in [0.717, 1.165) is 25.3 Å². The Hall–Kier alpha value is -2.63. The summed E-state index contributed by atoms with van der Waals surface area (Å²) in [4.78, 5) is 25.4. The number of esters is 1.